The fraction of sp³-hybridized carbons (Fsp3) is 1.00. The molecule has 6 saturated carbocycles. The van der Waals surface area contributed by atoms with Crippen molar-refractivity contribution in [2.45, 2.75) is 230 Å². The molecule has 1 aliphatic heterocycles. The van der Waals surface area contributed by atoms with E-state index in [0.717, 1.165) is 83.5 Å². The zero-order valence-corrected chi connectivity index (χ0v) is 33.4. The minimum absolute atomic E-state index is 0.0359. The maximum absolute atomic E-state index is 7.43. The van der Waals surface area contributed by atoms with Gasteiger partial charge in [-0.3, -0.25) is 0 Å². The van der Waals surface area contributed by atoms with Crippen LogP contribution in [-0.4, -0.2) is 36.6 Å². The van der Waals surface area contributed by atoms with E-state index in [-0.39, 0.29) is 36.6 Å². The molecule has 0 N–H and O–H groups in total. The van der Waals surface area contributed by atoms with Gasteiger partial charge in [-0.15, -0.1) is 13.5 Å². The van der Waals surface area contributed by atoms with Crippen LogP contribution in [0.2, 0.25) is 0 Å². The minimum Gasteiger partial charge on any atom is -0.303 e. The topological polar surface area (TPSA) is 92.5 Å². The number of nitrogens with zero attached hydrogens (tertiary/aromatic N) is 3. The zero-order chi connectivity index (χ0) is 33.4. The molecule has 49 heavy (non-hydrogen) atoms. The number of hydrogen-bond donors (Lipinski definition) is 0. The Labute approximate surface area is 298 Å². The van der Waals surface area contributed by atoms with E-state index in [1.54, 1.807) is 0 Å². The van der Waals surface area contributed by atoms with Crippen LogP contribution in [0.15, 0.2) is 13.5 Å². The average molecular weight is 744 g/mol. The molecule has 0 amide bonds. The van der Waals surface area contributed by atoms with Crippen molar-refractivity contribution in [3.63, 3.8) is 0 Å². The van der Waals surface area contributed by atoms with E-state index in [0.29, 0.717) is 5.92 Å². The quantitative estimate of drug-likeness (QED) is 0.185. The van der Waals surface area contributed by atoms with E-state index in [1.165, 1.54) is 103 Å². The molecular weight excluding hydrogens is 675 g/mol. The van der Waals surface area contributed by atoms with E-state index < -0.39 is 23.0 Å². The Morgan fingerprint density at radius 1 is 0.306 bits per heavy atom. The molecule has 0 saturated heterocycles. The molecule has 0 spiro atoms. The van der Waals surface area contributed by atoms with Gasteiger partial charge in [-0.05, 0) is 83.0 Å². The molecule has 7 rings (SSSR count). The van der Waals surface area contributed by atoms with Gasteiger partial charge in [0.2, 0.25) is 0 Å². The van der Waals surface area contributed by atoms with Crippen LogP contribution in [0, 0.1) is 5.92 Å². The lowest BCUT2D eigenvalue weighted by molar-refractivity contribution is 0.0653. The lowest BCUT2D eigenvalue weighted by Gasteiger charge is -2.42. The van der Waals surface area contributed by atoms with Gasteiger partial charge in [0.05, 0.1) is 36.6 Å². The lowest BCUT2D eigenvalue weighted by Crippen LogP contribution is -2.27. The molecule has 3 unspecified atom stereocenters. The molecule has 0 radical (unpaired) electrons. The van der Waals surface area contributed by atoms with Crippen molar-refractivity contribution < 1.29 is 27.1 Å². The molecule has 0 bridgehead atoms. The normalized spacial score (nSPS) is 34.5. The van der Waals surface area contributed by atoms with Crippen molar-refractivity contribution in [2.24, 2.45) is 19.5 Å². The first-order chi connectivity index (χ1) is 24.0. The summed E-state index contributed by atoms with van der Waals surface area (Å²) in [6.45, 7) is 2.34. The van der Waals surface area contributed by atoms with Crippen molar-refractivity contribution in [1.29, 1.82) is 0 Å². The van der Waals surface area contributed by atoms with Crippen LogP contribution in [-0.2, 0) is 27.1 Å². The first-order valence-electron chi connectivity index (χ1n) is 21.0. The fourth-order valence-electron chi connectivity index (χ4n) is 9.25. The van der Waals surface area contributed by atoms with Crippen molar-refractivity contribution in [3.05, 3.63) is 0 Å². The van der Waals surface area contributed by atoms with Crippen LogP contribution < -0.4 is 0 Å². The van der Waals surface area contributed by atoms with Crippen LogP contribution in [0.1, 0.15) is 193 Å². The molecule has 282 valence electrons. The van der Waals surface area contributed by atoms with Crippen molar-refractivity contribution in [1.82, 2.24) is 0 Å². The molecule has 6 aliphatic carbocycles. The van der Waals surface area contributed by atoms with Gasteiger partial charge < -0.3 is 27.1 Å². The molecular formula is C37H68N3O6P3. The Morgan fingerprint density at radius 2 is 0.551 bits per heavy atom. The third-order valence-electron chi connectivity index (χ3n) is 12.2. The van der Waals surface area contributed by atoms with Gasteiger partial charge >= 0.3 is 23.0 Å². The summed E-state index contributed by atoms with van der Waals surface area (Å²) in [5.41, 5.74) is 0. The standard InChI is InChI=1S/C37H68N3O6P3/c1-31-19-17-18-30-37(31)46-49(45-36-28-15-6-16-29-36)39-47(41-32-20-7-2-8-21-32,42-33-22-9-3-10-23-33)38-48(40-49,43-34-24-11-4-12-25-34)44-35-26-13-5-14-27-35/h31-37H,2-30H2,1H3. The van der Waals surface area contributed by atoms with Gasteiger partial charge in [0.25, 0.3) is 0 Å². The molecule has 7 aliphatic rings. The summed E-state index contributed by atoms with van der Waals surface area (Å²) in [4.78, 5) is 0. The van der Waals surface area contributed by atoms with Gasteiger partial charge in [-0.25, -0.2) is 0 Å². The van der Waals surface area contributed by atoms with E-state index in [9.17, 15) is 0 Å². The number of rotatable bonds is 12. The Hall–Kier alpha value is 0.450. The van der Waals surface area contributed by atoms with Crippen LogP contribution in [0.25, 0.3) is 0 Å². The molecule has 12 heteroatoms. The monoisotopic (exact) mass is 743 g/mol. The number of hydrogen-bond acceptors (Lipinski definition) is 9. The van der Waals surface area contributed by atoms with Gasteiger partial charge in [0, 0.05) is 0 Å². The molecule has 9 nitrogen and oxygen atoms in total. The highest BCUT2D eigenvalue weighted by atomic mass is 31.3. The third-order valence-corrected chi connectivity index (χ3v) is 21.0. The van der Waals surface area contributed by atoms with Crippen LogP contribution in [0.3, 0.4) is 0 Å². The highest BCUT2D eigenvalue weighted by Crippen LogP contribution is 2.82. The second-order valence-electron chi connectivity index (χ2n) is 16.5. The molecule has 3 atom stereocenters. The van der Waals surface area contributed by atoms with Gasteiger partial charge in [0.15, 0.2) is 0 Å². The Bertz CT molecular complexity index is 1110. The van der Waals surface area contributed by atoms with Gasteiger partial charge in [0.1, 0.15) is 0 Å². The second-order valence-corrected chi connectivity index (χ2v) is 22.8. The molecule has 0 aromatic carbocycles. The first-order valence-corrected chi connectivity index (χ1v) is 25.6. The Morgan fingerprint density at radius 3 is 0.837 bits per heavy atom. The van der Waals surface area contributed by atoms with E-state index in [4.69, 9.17) is 40.7 Å². The lowest BCUT2D eigenvalue weighted by atomic mass is 9.88. The first kappa shape index (κ1) is 37.8. The summed E-state index contributed by atoms with van der Waals surface area (Å²) in [7, 11) is -9.93. The fourth-order valence-corrected chi connectivity index (χ4v) is 19.9. The van der Waals surface area contributed by atoms with Gasteiger partial charge in [-0.1, -0.05) is 116 Å². The molecule has 1 heterocycles. The second kappa shape index (κ2) is 18.2. The summed E-state index contributed by atoms with van der Waals surface area (Å²) in [5.74, 6) is 0.419. The molecule has 0 aromatic heterocycles. The highest BCUT2D eigenvalue weighted by Gasteiger charge is 2.49. The zero-order valence-electron chi connectivity index (χ0n) is 30.7. The van der Waals surface area contributed by atoms with Crippen LogP contribution in [0.4, 0.5) is 0 Å². The molecule has 0 aromatic rings. The third kappa shape index (κ3) is 10.6. The highest BCUT2D eigenvalue weighted by molar-refractivity contribution is 7.78. The SMILES string of the molecule is CC1CCCCC1OP1(OC2CCCCC2)=NP(OC2CCCCC2)(OC2CCCCC2)=NP(OC2CCCCC2)(OC2CCCCC2)=N1. The smallest absolute Gasteiger partial charge is 0.303 e. The maximum Gasteiger partial charge on any atom is 0.349 e. The minimum atomic E-state index is -3.32. The van der Waals surface area contributed by atoms with E-state index in [2.05, 4.69) is 6.92 Å². The van der Waals surface area contributed by atoms with Crippen molar-refractivity contribution >= 4 is 23.0 Å². The Balaban J connectivity index is 1.40. The van der Waals surface area contributed by atoms with Gasteiger partial charge in [-0.2, -0.15) is 0 Å². The Kier molecular flexibility index (Phi) is 14.0. The van der Waals surface area contributed by atoms with Crippen molar-refractivity contribution in [3.8, 4) is 0 Å². The summed E-state index contributed by atoms with van der Waals surface area (Å²) in [6.07, 6.45) is 33.1. The van der Waals surface area contributed by atoms with E-state index in [1.807, 2.05) is 0 Å². The van der Waals surface area contributed by atoms with Crippen LogP contribution in [0.5, 0.6) is 0 Å². The van der Waals surface area contributed by atoms with E-state index >= 15 is 0 Å². The maximum atomic E-state index is 7.43. The average Bonchev–Trinajstić information content (AvgIpc) is 3.11. The summed E-state index contributed by atoms with van der Waals surface area (Å²) in [6, 6.07) is 0. The van der Waals surface area contributed by atoms with Crippen LogP contribution >= 0.6 is 23.0 Å². The summed E-state index contributed by atoms with van der Waals surface area (Å²) in [5, 5.41) is 0. The van der Waals surface area contributed by atoms with Crippen molar-refractivity contribution in [2.75, 3.05) is 0 Å². The largest absolute Gasteiger partial charge is 0.349 e. The predicted molar refractivity (Wildman–Crippen MR) is 200 cm³/mol. The predicted octanol–water partition coefficient (Wildman–Crippen LogP) is 14.2. The summed E-state index contributed by atoms with van der Waals surface area (Å²) >= 11 is 0. The molecule has 6 fully saturated rings. The summed E-state index contributed by atoms with van der Waals surface area (Å²) < 4.78 is 61.3.